The summed E-state index contributed by atoms with van der Waals surface area (Å²) >= 11 is 0. The van der Waals surface area contributed by atoms with E-state index in [2.05, 4.69) is 12.2 Å². The van der Waals surface area contributed by atoms with Crippen molar-refractivity contribution in [3.63, 3.8) is 0 Å². The summed E-state index contributed by atoms with van der Waals surface area (Å²) in [4.78, 5) is 22.6. The molecule has 1 atom stereocenters. The van der Waals surface area contributed by atoms with Gasteiger partial charge in [0.15, 0.2) is 0 Å². The molecule has 1 amide bonds. The van der Waals surface area contributed by atoms with Crippen molar-refractivity contribution in [3.05, 3.63) is 0 Å². The first-order chi connectivity index (χ1) is 9.11. The molecule has 0 heterocycles. The summed E-state index contributed by atoms with van der Waals surface area (Å²) in [7, 11) is 0. The number of rotatable bonds is 12. The fraction of sp³-hybridized carbons (Fsp3) is 0.857. The van der Waals surface area contributed by atoms with E-state index in [0.717, 1.165) is 32.1 Å². The van der Waals surface area contributed by atoms with Crippen LogP contribution >= 0.6 is 13.5 Å². The fourth-order valence-electron chi connectivity index (χ4n) is 1.91. The molecular weight excluding hydrogens is 276 g/mol. The first-order valence-electron chi connectivity index (χ1n) is 7.34. The summed E-state index contributed by atoms with van der Waals surface area (Å²) in [6, 6.07) is -0.769. The topological polar surface area (TPSA) is 92.4 Å². The molecule has 0 saturated heterocycles. The van der Waals surface area contributed by atoms with Gasteiger partial charge in [0.1, 0.15) is 6.04 Å². The lowest BCUT2D eigenvalue weighted by Crippen LogP contribution is -2.40. The molecule has 0 aliphatic rings. The molecule has 0 radical (unpaired) electrons. The Morgan fingerprint density at radius 1 is 1.10 bits per heavy atom. The van der Waals surface area contributed by atoms with E-state index in [1.165, 1.54) is 12.8 Å². The minimum Gasteiger partial charge on any atom is -0.480 e. The van der Waals surface area contributed by atoms with Gasteiger partial charge in [-0.05, 0) is 32.2 Å². The molecule has 0 saturated carbocycles. The Labute approximate surface area is 129 Å². The third-order valence-corrected chi connectivity index (χ3v) is 3.09. The molecule has 0 aliphatic heterocycles. The minimum absolute atomic E-state index is 0. The van der Waals surface area contributed by atoms with E-state index in [1.807, 2.05) is 0 Å². The lowest BCUT2D eigenvalue weighted by atomic mass is 10.1. The molecule has 0 rings (SSSR count). The lowest BCUT2D eigenvalue weighted by Gasteiger charge is -2.14. The van der Waals surface area contributed by atoms with Crippen molar-refractivity contribution < 1.29 is 14.7 Å². The number of amides is 1. The first kappa shape index (κ1) is 21.5. The van der Waals surface area contributed by atoms with Crippen molar-refractivity contribution in [2.24, 2.45) is 5.73 Å². The summed E-state index contributed by atoms with van der Waals surface area (Å²) in [5.74, 6) is -1.12. The molecule has 20 heavy (non-hydrogen) atoms. The van der Waals surface area contributed by atoms with Gasteiger partial charge in [-0.3, -0.25) is 4.79 Å². The number of nitrogens with one attached hydrogen (secondary N) is 1. The number of hydrogen-bond donors (Lipinski definition) is 3. The molecular formula is C14H30N2O3S. The normalized spacial score (nSPS) is 11.5. The number of hydrogen-bond acceptors (Lipinski definition) is 3. The van der Waals surface area contributed by atoms with Crippen molar-refractivity contribution in [2.45, 2.75) is 70.8 Å². The van der Waals surface area contributed by atoms with E-state index in [-0.39, 0.29) is 19.4 Å². The van der Waals surface area contributed by atoms with E-state index >= 15 is 0 Å². The van der Waals surface area contributed by atoms with Crippen LogP contribution in [0.15, 0.2) is 0 Å². The van der Waals surface area contributed by atoms with E-state index < -0.39 is 12.0 Å². The van der Waals surface area contributed by atoms with Gasteiger partial charge in [0.25, 0.3) is 0 Å². The zero-order valence-electron chi connectivity index (χ0n) is 12.5. The first-order valence-corrected chi connectivity index (χ1v) is 7.34. The SMILES string of the molecule is CCCCCCCC(=O)N[C@@H](CCCCN)C(=O)O.S. The van der Waals surface area contributed by atoms with E-state index in [9.17, 15) is 9.59 Å². The number of nitrogens with two attached hydrogens (primary N) is 1. The van der Waals surface area contributed by atoms with E-state index in [1.54, 1.807) is 0 Å². The number of carbonyl (C=O) groups excluding carboxylic acids is 1. The van der Waals surface area contributed by atoms with Crippen molar-refractivity contribution in [1.29, 1.82) is 0 Å². The second-order valence-electron chi connectivity index (χ2n) is 4.91. The van der Waals surface area contributed by atoms with Crippen LogP contribution in [0.2, 0.25) is 0 Å². The third kappa shape index (κ3) is 12.3. The van der Waals surface area contributed by atoms with Gasteiger partial charge in [-0.1, -0.05) is 32.6 Å². The van der Waals surface area contributed by atoms with Gasteiger partial charge in [-0.15, -0.1) is 0 Å². The summed E-state index contributed by atoms with van der Waals surface area (Å²) in [6.45, 7) is 2.70. The molecule has 0 unspecified atom stereocenters. The smallest absolute Gasteiger partial charge is 0.326 e. The highest BCUT2D eigenvalue weighted by atomic mass is 32.1. The molecule has 0 spiro atoms. The quantitative estimate of drug-likeness (QED) is 0.482. The fourth-order valence-corrected chi connectivity index (χ4v) is 1.91. The van der Waals surface area contributed by atoms with Crippen LogP contribution in [-0.2, 0) is 9.59 Å². The Bertz CT molecular complexity index is 263. The van der Waals surface area contributed by atoms with Gasteiger partial charge in [0.2, 0.25) is 5.91 Å². The molecule has 6 heteroatoms. The van der Waals surface area contributed by atoms with Gasteiger partial charge < -0.3 is 16.2 Å². The van der Waals surface area contributed by atoms with E-state index in [4.69, 9.17) is 10.8 Å². The van der Waals surface area contributed by atoms with Gasteiger partial charge in [-0.2, -0.15) is 13.5 Å². The maximum absolute atomic E-state index is 11.6. The molecule has 4 N–H and O–H groups in total. The van der Waals surface area contributed by atoms with Crippen LogP contribution < -0.4 is 11.1 Å². The Hall–Kier alpha value is -0.750. The molecule has 0 fully saturated rings. The number of carbonyl (C=O) groups is 2. The van der Waals surface area contributed by atoms with Crippen molar-refractivity contribution in [3.8, 4) is 0 Å². The van der Waals surface area contributed by atoms with Crippen molar-refractivity contribution in [1.82, 2.24) is 5.32 Å². The predicted molar refractivity (Wildman–Crippen MR) is 86.2 cm³/mol. The highest BCUT2D eigenvalue weighted by molar-refractivity contribution is 7.59. The van der Waals surface area contributed by atoms with Crippen LogP contribution in [0.1, 0.15) is 64.7 Å². The monoisotopic (exact) mass is 306 g/mol. The molecule has 120 valence electrons. The number of carboxylic acid groups (broad SMARTS) is 1. The summed E-state index contributed by atoms with van der Waals surface area (Å²) in [5, 5.41) is 11.6. The highest BCUT2D eigenvalue weighted by Gasteiger charge is 2.18. The maximum Gasteiger partial charge on any atom is 0.326 e. The third-order valence-electron chi connectivity index (χ3n) is 3.09. The molecule has 0 aromatic carbocycles. The minimum atomic E-state index is -0.962. The lowest BCUT2D eigenvalue weighted by molar-refractivity contribution is -0.142. The van der Waals surface area contributed by atoms with E-state index in [0.29, 0.717) is 19.4 Å². The second kappa shape index (κ2) is 14.7. The summed E-state index contributed by atoms with van der Waals surface area (Å²) in [5.41, 5.74) is 5.36. The Balaban J connectivity index is 0. The Morgan fingerprint density at radius 3 is 2.30 bits per heavy atom. The Kier molecular flexibility index (Phi) is 15.8. The van der Waals surface area contributed by atoms with Crippen molar-refractivity contribution >= 4 is 25.4 Å². The Morgan fingerprint density at radius 2 is 1.75 bits per heavy atom. The molecule has 5 nitrogen and oxygen atoms in total. The second-order valence-corrected chi connectivity index (χ2v) is 4.91. The zero-order chi connectivity index (χ0) is 14.5. The summed E-state index contributed by atoms with van der Waals surface area (Å²) < 4.78 is 0. The van der Waals surface area contributed by atoms with Crippen LogP contribution in [-0.4, -0.2) is 29.6 Å². The number of carboxylic acids is 1. The molecule has 0 bridgehead atoms. The van der Waals surface area contributed by atoms with Crippen molar-refractivity contribution in [2.75, 3.05) is 6.54 Å². The van der Waals surface area contributed by atoms with Crippen LogP contribution in [0.4, 0.5) is 0 Å². The summed E-state index contributed by atoms with van der Waals surface area (Å²) in [6.07, 6.45) is 7.77. The average molecular weight is 306 g/mol. The highest BCUT2D eigenvalue weighted by Crippen LogP contribution is 2.06. The average Bonchev–Trinajstić information content (AvgIpc) is 2.37. The van der Waals surface area contributed by atoms with Crippen LogP contribution in [0.3, 0.4) is 0 Å². The van der Waals surface area contributed by atoms with Crippen LogP contribution in [0.5, 0.6) is 0 Å². The van der Waals surface area contributed by atoms with Gasteiger partial charge in [0.05, 0.1) is 0 Å². The molecule has 0 aliphatic carbocycles. The van der Waals surface area contributed by atoms with Gasteiger partial charge in [0, 0.05) is 6.42 Å². The van der Waals surface area contributed by atoms with Crippen LogP contribution in [0, 0.1) is 0 Å². The molecule has 0 aromatic rings. The predicted octanol–water partition coefficient (Wildman–Crippen LogP) is 2.16. The largest absolute Gasteiger partial charge is 0.480 e. The van der Waals surface area contributed by atoms with Gasteiger partial charge in [-0.25, -0.2) is 4.79 Å². The molecule has 0 aromatic heterocycles. The van der Waals surface area contributed by atoms with Crippen LogP contribution in [0.25, 0.3) is 0 Å². The number of aliphatic carboxylic acids is 1. The maximum atomic E-state index is 11.6. The number of unbranched alkanes of at least 4 members (excludes halogenated alkanes) is 5. The standard InChI is InChI=1S/C14H28N2O3.H2S/c1-2-3-4-5-6-10-13(17)16-12(14(18)19)9-7-8-11-15;/h12H,2-11,15H2,1H3,(H,16,17)(H,18,19);1H2/t12-;/m0./s1. The zero-order valence-corrected chi connectivity index (χ0v) is 13.5. The van der Waals surface area contributed by atoms with Gasteiger partial charge >= 0.3 is 5.97 Å².